The van der Waals surface area contributed by atoms with Crippen molar-refractivity contribution < 1.29 is 28.5 Å². The third-order valence-electron chi connectivity index (χ3n) is 7.83. The normalized spacial score (nSPS) is 20.1. The minimum atomic E-state index is -1.02. The van der Waals surface area contributed by atoms with E-state index in [9.17, 15) is 9.59 Å². The van der Waals surface area contributed by atoms with Crippen LogP contribution >= 0.6 is 0 Å². The molecule has 2 heterocycles. The van der Waals surface area contributed by atoms with Crippen LogP contribution in [0.4, 0.5) is 5.69 Å². The Hall–Kier alpha value is -3.30. The third kappa shape index (κ3) is 6.62. The molecule has 9 nitrogen and oxygen atoms in total. The van der Waals surface area contributed by atoms with E-state index in [1.807, 2.05) is 42.2 Å². The summed E-state index contributed by atoms with van der Waals surface area (Å²) in [5, 5.41) is 2.98. The Morgan fingerprint density at radius 3 is 2.54 bits per heavy atom. The molecule has 4 rings (SSSR count). The highest BCUT2D eigenvalue weighted by Gasteiger charge is 2.47. The molecule has 2 aliphatic rings. The lowest BCUT2D eigenvalue weighted by molar-refractivity contribution is -0.139. The molecular formula is C32H45N3O6. The van der Waals surface area contributed by atoms with E-state index in [0.29, 0.717) is 48.2 Å². The first kappa shape index (κ1) is 30.7. The SMILES string of the molecule is COc1cccc([C@H]2O[C@H](CC(=O)NCCCCCCN)C(=O)N3c4c(cc(C)cc42)OC[C@H]3C(C)(C)C)c1OC. The summed E-state index contributed by atoms with van der Waals surface area (Å²) in [4.78, 5) is 29.4. The van der Waals surface area contributed by atoms with E-state index in [1.165, 1.54) is 0 Å². The summed E-state index contributed by atoms with van der Waals surface area (Å²) in [7, 11) is 3.17. The lowest BCUT2D eigenvalue weighted by Crippen LogP contribution is -2.56. The molecule has 0 saturated heterocycles. The molecule has 3 atom stereocenters. The Bertz CT molecular complexity index is 1240. The van der Waals surface area contributed by atoms with Gasteiger partial charge in [-0.2, -0.15) is 0 Å². The molecule has 9 heteroatoms. The van der Waals surface area contributed by atoms with Crippen molar-refractivity contribution >= 4 is 17.5 Å². The number of nitrogens with one attached hydrogen (secondary N) is 1. The van der Waals surface area contributed by atoms with E-state index in [1.54, 1.807) is 14.2 Å². The molecule has 0 bridgehead atoms. The number of hydrogen-bond donors (Lipinski definition) is 2. The molecule has 0 fully saturated rings. The zero-order chi connectivity index (χ0) is 29.7. The molecular weight excluding hydrogens is 522 g/mol. The minimum absolute atomic E-state index is 0.0963. The summed E-state index contributed by atoms with van der Waals surface area (Å²) in [6.07, 6.45) is 2.04. The van der Waals surface area contributed by atoms with E-state index in [2.05, 4.69) is 26.1 Å². The van der Waals surface area contributed by atoms with Gasteiger partial charge in [-0.25, -0.2) is 0 Å². The predicted molar refractivity (Wildman–Crippen MR) is 159 cm³/mol. The topological polar surface area (TPSA) is 112 Å². The molecule has 224 valence electrons. The maximum absolute atomic E-state index is 14.4. The summed E-state index contributed by atoms with van der Waals surface area (Å²) in [5.74, 6) is 1.23. The number of carbonyl (C=O) groups excluding carboxylic acids is 2. The Kier molecular flexibility index (Phi) is 9.81. The summed E-state index contributed by atoms with van der Waals surface area (Å²) >= 11 is 0. The summed E-state index contributed by atoms with van der Waals surface area (Å²) in [6, 6.07) is 9.32. The van der Waals surface area contributed by atoms with Gasteiger partial charge < -0.3 is 30.0 Å². The van der Waals surface area contributed by atoms with E-state index in [-0.39, 0.29) is 29.7 Å². The lowest BCUT2D eigenvalue weighted by atomic mass is 9.84. The number of methoxy groups -OCH3 is 2. The Balaban J connectivity index is 1.77. The van der Waals surface area contributed by atoms with Crippen molar-refractivity contribution in [2.45, 2.75) is 78.0 Å². The largest absolute Gasteiger partial charge is 0.493 e. The fraction of sp³-hybridized carbons (Fsp3) is 0.562. The van der Waals surface area contributed by atoms with Crippen molar-refractivity contribution in [3.63, 3.8) is 0 Å². The molecule has 2 aromatic rings. The van der Waals surface area contributed by atoms with E-state index in [0.717, 1.165) is 36.8 Å². The second-order valence-corrected chi connectivity index (χ2v) is 11.9. The molecule has 3 N–H and O–H groups in total. The van der Waals surface area contributed by atoms with Crippen LogP contribution in [0.3, 0.4) is 0 Å². The number of carbonyl (C=O) groups is 2. The number of hydrogen-bond acceptors (Lipinski definition) is 7. The van der Waals surface area contributed by atoms with Crippen molar-refractivity contribution in [3.05, 3.63) is 47.0 Å². The van der Waals surface area contributed by atoms with Crippen molar-refractivity contribution in [2.75, 3.05) is 38.8 Å². The van der Waals surface area contributed by atoms with E-state index in [4.69, 9.17) is 24.7 Å². The number of unbranched alkanes of at least 4 members (excludes halogenated alkanes) is 3. The monoisotopic (exact) mass is 567 g/mol. The van der Waals surface area contributed by atoms with Gasteiger partial charge in [-0.1, -0.05) is 51.8 Å². The van der Waals surface area contributed by atoms with Crippen LogP contribution in [-0.4, -0.2) is 57.9 Å². The van der Waals surface area contributed by atoms with Gasteiger partial charge in [0.1, 0.15) is 24.6 Å². The number of benzene rings is 2. The second-order valence-electron chi connectivity index (χ2n) is 11.9. The van der Waals surface area contributed by atoms with Crippen LogP contribution in [0.15, 0.2) is 30.3 Å². The molecule has 2 aromatic carbocycles. The zero-order valence-corrected chi connectivity index (χ0v) is 25.2. The third-order valence-corrected chi connectivity index (χ3v) is 7.83. The first-order valence-electron chi connectivity index (χ1n) is 14.5. The highest BCUT2D eigenvalue weighted by atomic mass is 16.5. The van der Waals surface area contributed by atoms with E-state index >= 15 is 0 Å². The van der Waals surface area contributed by atoms with Gasteiger partial charge >= 0.3 is 0 Å². The summed E-state index contributed by atoms with van der Waals surface area (Å²) in [5.41, 5.74) is 8.44. The number of ether oxygens (including phenoxy) is 4. The molecule has 2 aliphatic heterocycles. The first-order valence-corrected chi connectivity index (χ1v) is 14.5. The number of nitrogens with zero attached hydrogens (tertiary/aromatic N) is 1. The average Bonchev–Trinajstić information content (AvgIpc) is 3.05. The number of anilines is 1. The van der Waals surface area contributed by atoms with Gasteiger partial charge in [-0.05, 0) is 49.4 Å². The molecule has 0 radical (unpaired) electrons. The molecule has 2 amide bonds. The number of amides is 2. The number of nitrogens with two attached hydrogens (primary N) is 1. The van der Waals surface area contributed by atoms with Crippen LogP contribution in [-0.2, 0) is 14.3 Å². The zero-order valence-electron chi connectivity index (χ0n) is 25.2. The van der Waals surface area contributed by atoms with Gasteiger partial charge in [-0.15, -0.1) is 0 Å². The molecule has 0 aliphatic carbocycles. The summed E-state index contributed by atoms with van der Waals surface area (Å²) < 4.78 is 24.4. The van der Waals surface area contributed by atoms with Gasteiger partial charge in [-0.3, -0.25) is 14.5 Å². The van der Waals surface area contributed by atoms with Gasteiger partial charge in [0.05, 0.1) is 32.4 Å². The Morgan fingerprint density at radius 2 is 1.85 bits per heavy atom. The van der Waals surface area contributed by atoms with Gasteiger partial charge in [0.15, 0.2) is 11.5 Å². The van der Waals surface area contributed by atoms with Crippen molar-refractivity contribution in [3.8, 4) is 17.2 Å². The smallest absolute Gasteiger partial charge is 0.257 e. The van der Waals surface area contributed by atoms with Crippen molar-refractivity contribution in [2.24, 2.45) is 11.1 Å². The maximum Gasteiger partial charge on any atom is 0.257 e. The van der Waals surface area contributed by atoms with Crippen LogP contribution in [0.5, 0.6) is 17.2 Å². The minimum Gasteiger partial charge on any atom is -0.493 e. The molecule has 0 spiro atoms. The number of aryl methyl sites for hydroxylation is 1. The van der Waals surface area contributed by atoms with Crippen LogP contribution in [0, 0.1) is 12.3 Å². The highest BCUT2D eigenvalue weighted by molar-refractivity contribution is 6.02. The molecule has 0 aromatic heterocycles. The average molecular weight is 568 g/mol. The van der Waals surface area contributed by atoms with Crippen molar-refractivity contribution in [1.82, 2.24) is 5.32 Å². The Labute approximate surface area is 243 Å². The lowest BCUT2D eigenvalue weighted by Gasteiger charge is -2.44. The molecule has 0 saturated carbocycles. The Morgan fingerprint density at radius 1 is 1.10 bits per heavy atom. The number of rotatable bonds is 11. The summed E-state index contributed by atoms with van der Waals surface area (Å²) in [6.45, 7) is 9.83. The fourth-order valence-corrected chi connectivity index (χ4v) is 5.68. The van der Waals surface area contributed by atoms with Crippen LogP contribution < -0.4 is 30.2 Å². The fourth-order valence-electron chi connectivity index (χ4n) is 5.68. The second kappa shape index (κ2) is 13.1. The van der Waals surface area contributed by atoms with Crippen LogP contribution in [0.25, 0.3) is 0 Å². The molecule has 41 heavy (non-hydrogen) atoms. The van der Waals surface area contributed by atoms with Crippen LogP contribution in [0.1, 0.15) is 75.7 Å². The van der Waals surface area contributed by atoms with Gasteiger partial charge in [0, 0.05) is 17.7 Å². The van der Waals surface area contributed by atoms with Crippen molar-refractivity contribution in [1.29, 1.82) is 0 Å². The van der Waals surface area contributed by atoms with Gasteiger partial charge in [0.2, 0.25) is 5.91 Å². The standard InChI is InChI=1S/C32H45N3O6/c1-20-16-22-28-24(17-20)40-19-26(32(2,3)4)35(28)31(37)25(18-27(36)34-15-10-8-7-9-14-33)41-29(22)21-12-11-13-23(38-5)30(21)39-6/h11-13,16-17,25-26,29H,7-10,14-15,18-19,33H2,1-6H3,(H,34,36)/t25-,26+,29-/m1/s1. The molecule has 0 unspecified atom stereocenters. The predicted octanol–water partition coefficient (Wildman–Crippen LogP) is 4.67. The maximum atomic E-state index is 14.4. The number of para-hydroxylation sites is 1. The van der Waals surface area contributed by atoms with Gasteiger partial charge in [0.25, 0.3) is 5.91 Å². The first-order chi connectivity index (χ1) is 19.6. The van der Waals surface area contributed by atoms with E-state index < -0.39 is 12.2 Å². The van der Waals surface area contributed by atoms with Crippen LogP contribution in [0.2, 0.25) is 0 Å². The quantitative estimate of drug-likeness (QED) is 0.380. The highest BCUT2D eigenvalue weighted by Crippen LogP contribution is 2.51.